The van der Waals surface area contributed by atoms with Crippen molar-refractivity contribution in [1.82, 2.24) is 10.3 Å². The Morgan fingerprint density at radius 1 is 0.857 bits per heavy atom. The van der Waals surface area contributed by atoms with Gasteiger partial charge in [0, 0.05) is 30.3 Å². The van der Waals surface area contributed by atoms with Crippen molar-refractivity contribution in [3.05, 3.63) is 143 Å². The maximum Gasteiger partial charge on any atom is 0.328 e. The van der Waals surface area contributed by atoms with E-state index in [1.165, 1.54) is 16.7 Å². The molecule has 0 fully saturated rings. The number of nitrogens with one attached hydrogen (secondary N) is 1. The Labute approximate surface area is 247 Å². The van der Waals surface area contributed by atoms with Crippen molar-refractivity contribution in [3.63, 3.8) is 0 Å². The first-order chi connectivity index (χ1) is 20.3. The summed E-state index contributed by atoms with van der Waals surface area (Å²) in [6, 6.07) is 34.4. The number of ether oxygens (including phenoxy) is 1. The van der Waals surface area contributed by atoms with Gasteiger partial charge in [-0.3, -0.25) is 4.98 Å². The Kier molecular flexibility index (Phi) is 13.0. The van der Waals surface area contributed by atoms with E-state index < -0.39 is 11.9 Å². The zero-order valence-corrected chi connectivity index (χ0v) is 24.0. The van der Waals surface area contributed by atoms with Crippen molar-refractivity contribution >= 4 is 11.9 Å². The van der Waals surface area contributed by atoms with E-state index in [0.717, 1.165) is 36.4 Å². The standard InChI is InChI=1S/C31H34N2O.C4H4O4/c1-24-21-26(16-17-31(24)34-23-29-15-9-10-19-33-29)22-25(2)32-20-18-30(27-11-5-3-6-12-27)28-13-7-4-8-14-28;5-3(6)1-2-4(7)8/h3-17,19,21,25,30,32H,18,20,22-23H2,1-2H3;1-2H,(H,5,6)(H,7,8)/b;2-1-. The summed E-state index contributed by atoms with van der Waals surface area (Å²) in [6.07, 6.45) is 4.97. The normalized spacial score (nSPS) is 11.5. The van der Waals surface area contributed by atoms with Crippen LogP contribution >= 0.6 is 0 Å². The van der Waals surface area contributed by atoms with Gasteiger partial charge in [-0.15, -0.1) is 0 Å². The second kappa shape index (κ2) is 17.1. The van der Waals surface area contributed by atoms with Crippen LogP contribution in [0.25, 0.3) is 0 Å². The zero-order valence-electron chi connectivity index (χ0n) is 24.0. The van der Waals surface area contributed by atoms with Gasteiger partial charge in [0.05, 0.1) is 5.69 Å². The quantitative estimate of drug-likeness (QED) is 0.160. The molecule has 4 rings (SSSR count). The van der Waals surface area contributed by atoms with E-state index in [1.807, 2.05) is 18.2 Å². The van der Waals surface area contributed by atoms with E-state index in [2.05, 4.69) is 103 Å². The Bertz CT molecular complexity index is 1350. The predicted octanol–water partition coefficient (Wildman–Crippen LogP) is 6.42. The number of aliphatic carboxylic acids is 2. The number of rotatable bonds is 13. The molecule has 1 heterocycles. The minimum atomic E-state index is -1.26. The lowest BCUT2D eigenvalue weighted by Gasteiger charge is -2.21. The molecular formula is C35H38N2O5. The number of aromatic nitrogens is 1. The fourth-order valence-corrected chi connectivity index (χ4v) is 4.57. The number of carboxylic acid groups (broad SMARTS) is 2. The number of benzene rings is 3. The number of nitrogens with zero attached hydrogens (tertiary/aromatic N) is 1. The van der Waals surface area contributed by atoms with Crippen LogP contribution in [0.5, 0.6) is 5.75 Å². The summed E-state index contributed by atoms with van der Waals surface area (Å²) in [5, 5.41) is 19.4. The van der Waals surface area contributed by atoms with Gasteiger partial charge in [0.2, 0.25) is 0 Å². The zero-order chi connectivity index (χ0) is 30.2. The van der Waals surface area contributed by atoms with Crippen LogP contribution in [-0.4, -0.2) is 39.7 Å². The molecule has 42 heavy (non-hydrogen) atoms. The van der Waals surface area contributed by atoms with Crippen molar-refractivity contribution in [3.8, 4) is 5.75 Å². The lowest BCUT2D eigenvalue weighted by Crippen LogP contribution is -2.30. The first kappa shape index (κ1) is 31.8. The van der Waals surface area contributed by atoms with E-state index >= 15 is 0 Å². The highest BCUT2D eigenvalue weighted by molar-refractivity contribution is 5.89. The lowest BCUT2D eigenvalue weighted by molar-refractivity contribution is -0.134. The average Bonchev–Trinajstić information content (AvgIpc) is 2.99. The summed E-state index contributed by atoms with van der Waals surface area (Å²) in [5.41, 5.74) is 6.17. The molecule has 7 nitrogen and oxygen atoms in total. The topological polar surface area (TPSA) is 109 Å². The van der Waals surface area contributed by atoms with Gasteiger partial charge in [-0.2, -0.15) is 0 Å². The summed E-state index contributed by atoms with van der Waals surface area (Å²) in [4.78, 5) is 23.4. The molecule has 0 aliphatic rings. The molecule has 1 atom stereocenters. The fraction of sp³-hybridized carbons (Fsp3) is 0.229. The highest BCUT2D eigenvalue weighted by Crippen LogP contribution is 2.27. The summed E-state index contributed by atoms with van der Waals surface area (Å²) in [5.74, 6) is -1.19. The molecule has 0 saturated heterocycles. The van der Waals surface area contributed by atoms with Gasteiger partial charge in [0.25, 0.3) is 0 Å². The molecule has 7 heteroatoms. The number of carboxylic acids is 2. The molecule has 4 aromatic rings. The molecule has 0 saturated carbocycles. The maximum atomic E-state index is 9.55. The van der Waals surface area contributed by atoms with Crippen LogP contribution in [0.15, 0.2) is 115 Å². The Balaban J connectivity index is 0.000000531. The molecule has 3 aromatic carbocycles. The number of carbonyl (C=O) groups is 2. The molecule has 0 amide bonds. The minimum absolute atomic E-state index is 0.395. The van der Waals surface area contributed by atoms with E-state index in [-0.39, 0.29) is 0 Å². The minimum Gasteiger partial charge on any atom is -0.487 e. The molecule has 0 aliphatic heterocycles. The van der Waals surface area contributed by atoms with Crippen LogP contribution in [-0.2, 0) is 22.6 Å². The van der Waals surface area contributed by atoms with Crippen molar-refractivity contribution in [2.24, 2.45) is 0 Å². The highest BCUT2D eigenvalue weighted by atomic mass is 16.5. The third-order valence-corrected chi connectivity index (χ3v) is 6.58. The molecular weight excluding hydrogens is 528 g/mol. The summed E-state index contributed by atoms with van der Waals surface area (Å²) in [6.45, 7) is 5.84. The summed E-state index contributed by atoms with van der Waals surface area (Å²) in [7, 11) is 0. The van der Waals surface area contributed by atoms with Crippen LogP contribution < -0.4 is 10.1 Å². The van der Waals surface area contributed by atoms with Crippen molar-refractivity contribution in [2.45, 2.75) is 45.3 Å². The largest absolute Gasteiger partial charge is 0.487 e. The van der Waals surface area contributed by atoms with Gasteiger partial charge in [-0.05, 0) is 73.7 Å². The molecule has 3 N–H and O–H groups in total. The second-order valence-electron chi connectivity index (χ2n) is 9.94. The van der Waals surface area contributed by atoms with Gasteiger partial charge in [0.15, 0.2) is 0 Å². The average molecular weight is 567 g/mol. The Hall–Kier alpha value is -4.75. The molecule has 218 valence electrons. The molecule has 0 aliphatic carbocycles. The van der Waals surface area contributed by atoms with E-state index in [1.54, 1.807) is 6.20 Å². The summed E-state index contributed by atoms with van der Waals surface area (Å²) < 4.78 is 5.98. The number of hydrogen-bond donors (Lipinski definition) is 3. The van der Waals surface area contributed by atoms with Crippen LogP contribution in [0.2, 0.25) is 0 Å². The third-order valence-electron chi connectivity index (χ3n) is 6.58. The van der Waals surface area contributed by atoms with E-state index in [4.69, 9.17) is 14.9 Å². The van der Waals surface area contributed by atoms with Crippen molar-refractivity contribution < 1.29 is 24.5 Å². The van der Waals surface area contributed by atoms with Gasteiger partial charge in [0.1, 0.15) is 12.4 Å². The molecule has 1 aromatic heterocycles. The number of pyridine rings is 1. The van der Waals surface area contributed by atoms with Crippen molar-refractivity contribution in [1.29, 1.82) is 0 Å². The summed E-state index contributed by atoms with van der Waals surface area (Å²) >= 11 is 0. The highest BCUT2D eigenvalue weighted by Gasteiger charge is 2.14. The fourth-order valence-electron chi connectivity index (χ4n) is 4.57. The number of hydrogen-bond acceptors (Lipinski definition) is 5. The van der Waals surface area contributed by atoms with Crippen LogP contribution in [0.1, 0.15) is 47.2 Å². The maximum absolute atomic E-state index is 9.55. The predicted molar refractivity (Wildman–Crippen MR) is 165 cm³/mol. The monoisotopic (exact) mass is 566 g/mol. The van der Waals surface area contributed by atoms with E-state index in [9.17, 15) is 9.59 Å². The Morgan fingerprint density at radius 3 is 1.98 bits per heavy atom. The van der Waals surface area contributed by atoms with Gasteiger partial charge in [-0.25, -0.2) is 9.59 Å². The SMILES string of the molecule is Cc1cc(CC(C)NCCC(c2ccccc2)c2ccccc2)ccc1OCc1ccccn1.O=C(O)/C=C\C(=O)O. The van der Waals surface area contributed by atoms with E-state index in [0.29, 0.717) is 30.7 Å². The van der Waals surface area contributed by atoms with Gasteiger partial charge >= 0.3 is 11.9 Å². The van der Waals surface area contributed by atoms with Crippen LogP contribution in [0.4, 0.5) is 0 Å². The molecule has 0 spiro atoms. The molecule has 0 bridgehead atoms. The first-order valence-corrected chi connectivity index (χ1v) is 13.9. The Morgan fingerprint density at radius 2 is 1.45 bits per heavy atom. The number of aryl methyl sites for hydroxylation is 1. The van der Waals surface area contributed by atoms with Crippen molar-refractivity contribution in [2.75, 3.05) is 6.54 Å². The molecule has 0 radical (unpaired) electrons. The van der Waals surface area contributed by atoms with Crippen LogP contribution in [0, 0.1) is 6.92 Å². The molecule has 1 unspecified atom stereocenters. The smallest absolute Gasteiger partial charge is 0.328 e. The van der Waals surface area contributed by atoms with Gasteiger partial charge in [-0.1, -0.05) is 78.9 Å². The third kappa shape index (κ3) is 11.4. The second-order valence-corrected chi connectivity index (χ2v) is 9.94. The van der Waals surface area contributed by atoms with Crippen LogP contribution in [0.3, 0.4) is 0 Å². The van der Waals surface area contributed by atoms with Gasteiger partial charge < -0.3 is 20.3 Å². The lowest BCUT2D eigenvalue weighted by atomic mass is 9.88. The first-order valence-electron chi connectivity index (χ1n) is 13.9.